The minimum atomic E-state index is -0.0207. The molecule has 2 atom stereocenters. The van der Waals surface area contributed by atoms with Crippen LogP contribution in [-0.2, 0) is 6.54 Å². The zero-order valence-corrected chi connectivity index (χ0v) is 20.7. The highest BCUT2D eigenvalue weighted by atomic mass is 16.2. The summed E-state index contributed by atoms with van der Waals surface area (Å²) in [6.45, 7) is 0.635. The summed E-state index contributed by atoms with van der Waals surface area (Å²) in [5.41, 5.74) is 5.81. The summed E-state index contributed by atoms with van der Waals surface area (Å²) >= 11 is 0. The third-order valence-corrected chi connectivity index (χ3v) is 7.71. The van der Waals surface area contributed by atoms with Crippen molar-refractivity contribution in [2.24, 2.45) is 4.99 Å². The predicted octanol–water partition coefficient (Wildman–Crippen LogP) is 5.52. The molecule has 4 heterocycles. The van der Waals surface area contributed by atoms with Gasteiger partial charge in [-0.2, -0.15) is 0 Å². The molecule has 1 aliphatic carbocycles. The highest BCUT2D eigenvalue weighted by Gasteiger charge is 2.48. The predicted molar refractivity (Wildman–Crippen MR) is 146 cm³/mol. The van der Waals surface area contributed by atoms with Crippen LogP contribution >= 0.6 is 0 Å². The molecule has 4 aromatic rings. The molecule has 2 aromatic carbocycles. The van der Waals surface area contributed by atoms with Crippen molar-refractivity contribution in [3.8, 4) is 11.3 Å². The summed E-state index contributed by atoms with van der Waals surface area (Å²) in [6, 6.07) is 25.1. The monoisotopic (exact) mass is 488 g/mol. The molecule has 184 valence electrons. The molecule has 7 nitrogen and oxygen atoms in total. The average molecular weight is 489 g/mol. The van der Waals surface area contributed by atoms with Crippen molar-refractivity contribution in [3.05, 3.63) is 96.3 Å². The maximum absolute atomic E-state index is 13.7. The van der Waals surface area contributed by atoms with Gasteiger partial charge in [-0.15, -0.1) is 0 Å². The number of aromatic nitrogens is 2. The Balaban J connectivity index is 1.30. The van der Waals surface area contributed by atoms with Gasteiger partial charge < -0.3 is 14.8 Å². The molecule has 0 spiro atoms. The second kappa shape index (κ2) is 8.62. The number of hydrogen-bond acceptors (Lipinski definition) is 5. The standard InChI is InChI=1S/C30H28N6O/c1-34-29(37)27-26(36-25-12-7-11-24(25)33-30(34)36)19-35(28(27)32-22-8-3-2-4-9-22)18-20-13-15-21(16-14-20)23-10-5-6-17-31-23/h2-6,8-10,13-17,19,24-25,32H,7,11-12,18H2,1H3/t24-,25+/m1/s1. The Morgan fingerprint density at radius 2 is 1.78 bits per heavy atom. The molecule has 0 saturated heterocycles. The van der Waals surface area contributed by atoms with Crippen molar-refractivity contribution >= 4 is 29.1 Å². The summed E-state index contributed by atoms with van der Waals surface area (Å²) in [7, 11) is 1.85. The van der Waals surface area contributed by atoms with Gasteiger partial charge in [-0.1, -0.05) is 48.5 Å². The van der Waals surface area contributed by atoms with E-state index in [9.17, 15) is 4.79 Å². The molecule has 0 bridgehead atoms. The summed E-state index contributed by atoms with van der Waals surface area (Å²) < 4.78 is 2.17. The molecular formula is C30H28N6O. The second-order valence-corrected chi connectivity index (χ2v) is 10.00. The maximum Gasteiger partial charge on any atom is 0.266 e. The third kappa shape index (κ3) is 3.61. The molecule has 0 radical (unpaired) electrons. The number of pyridine rings is 1. The lowest BCUT2D eigenvalue weighted by molar-refractivity contribution is 0.0866. The zero-order valence-electron chi connectivity index (χ0n) is 20.7. The van der Waals surface area contributed by atoms with Gasteiger partial charge in [0.25, 0.3) is 5.91 Å². The number of nitrogens with zero attached hydrogens (tertiary/aromatic N) is 5. The normalized spacial score (nSPS) is 19.9. The minimum absolute atomic E-state index is 0.0207. The minimum Gasteiger partial charge on any atom is -0.341 e. The third-order valence-electron chi connectivity index (χ3n) is 7.71. The molecule has 1 N–H and O–H groups in total. The van der Waals surface area contributed by atoms with Gasteiger partial charge in [0.1, 0.15) is 11.4 Å². The van der Waals surface area contributed by atoms with Gasteiger partial charge in [-0.25, -0.2) is 4.99 Å². The van der Waals surface area contributed by atoms with E-state index in [-0.39, 0.29) is 11.9 Å². The lowest BCUT2D eigenvalue weighted by Gasteiger charge is -2.35. The van der Waals surface area contributed by atoms with Gasteiger partial charge >= 0.3 is 0 Å². The van der Waals surface area contributed by atoms with Crippen LogP contribution in [0, 0.1) is 0 Å². The number of nitrogens with one attached hydrogen (secondary N) is 1. The fraction of sp³-hybridized carbons (Fsp3) is 0.233. The maximum atomic E-state index is 13.7. The Morgan fingerprint density at radius 1 is 0.973 bits per heavy atom. The van der Waals surface area contributed by atoms with Crippen molar-refractivity contribution < 1.29 is 4.79 Å². The Bertz CT molecular complexity index is 1490. The van der Waals surface area contributed by atoms with Gasteiger partial charge in [0.2, 0.25) is 5.96 Å². The van der Waals surface area contributed by atoms with Gasteiger partial charge in [0.05, 0.1) is 23.5 Å². The number of aliphatic imine (C=N–C) groups is 1. The van der Waals surface area contributed by atoms with Crippen molar-refractivity contribution in [3.63, 3.8) is 0 Å². The first-order chi connectivity index (χ1) is 18.2. The Kier molecular flexibility index (Phi) is 5.09. The topological polar surface area (TPSA) is 65.8 Å². The van der Waals surface area contributed by atoms with Crippen molar-refractivity contribution in [2.45, 2.75) is 37.9 Å². The lowest BCUT2D eigenvalue weighted by atomic mass is 10.1. The Labute approximate surface area is 216 Å². The summed E-state index contributed by atoms with van der Waals surface area (Å²) in [5, 5.41) is 3.57. The molecule has 7 heteroatoms. The van der Waals surface area contributed by atoms with Crippen LogP contribution in [0.15, 0.2) is 90.2 Å². The number of amides is 1. The molecule has 1 fully saturated rings. The molecule has 3 aliphatic rings. The first kappa shape index (κ1) is 21.9. The first-order valence-electron chi connectivity index (χ1n) is 12.9. The molecule has 2 aliphatic heterocycles. The lowest BCUT2D eigenvalue weighted by Crippen LogP contribution is -2.51. The van der Waals surface area contributed by atoms with Crippen LogP contribution in [0.1, 0.15) is 35.2 Å². The van der Waals surface area contributed by atoms with Crippen LogP contribution < -0.4 is 10.2 Å². The number of anilines is 3. The van der Waals surface area contributed by atoms with Crippen LogP contribution in [-0.4, -0.2) is 45.4 Å². The van der Waals surface area contributed by atoms with Crippen LogP contribution in [0.4, 0.5) is 17.2 Å². The molecule has 1 saturated carbocycles. The van der Waals surface area contributed by atoms with E-state index in [0.29, 0.717) is 18.2 Å². The van der Waals surface area contributed by atoms with Crippen molar-refractivity contribution in [2.75, 3.05) is 17.3 Å². The van der Waals surface area contributed by atoms with Crippen LogP contribution in [0.25, 0.3) is 11.3 Å². The second-order valence-electron chi connectivity index (χ2n) is 10.00. The number of para-hydroxylation sites is 1. The fourth-order valence-corrected chi connectivity index (χ4v) is 5.89. The van der Waals surface area contributed by atoms with Gasteiger partial charge in [0.15, 0.2) is 0 Å². The Morgan fingerprint density at radius 3 is 2.57 bits per heavy atom. The smallest absolute Gasteiger partial charge is 0.266 e. The number of benzene rings is 2. The van der Waals surface area contributed by atoms with E-state index in [0.717, 1.165) is 52.8 Å². The zero-order chi connectivity index (χ0) is 24.9. The molecule has 37 heavy (non-hydrogen) atoms. The van der Waals surface area contributed by atoms with E-state index in [4.69, 9.17) is 4.99 Å². The molecule has 2 aromatic heterocycles. The summed E-state index contributed by atoms with van der Waals surface area (Å²) in [6.07, 6.45) is 7.30. The highest BCUT2D eigenvalue weighted by molar-refractivity contribution is 6.22. The highest BCUT2D eigenvalue weighted by Crippen LogP contribution is 2.44. The van der Waals surface area contributed by atoms with Gasteiger partial charge in [-0.3, -0.25) is 14.7 Å². The molecule has 0 unspecified atom stereocenters. The van der Waals surface area contributed by atoms with E-state index in [1.54, 1.807) is 4.90 Å². The number of guanidine groups is 1. The first-order valence-corrected chi connectivity index (χ1v) is 12.9. The van der Waals surface area contributed by atoms with E-state index >= 15 is 0 Å². The number of rotatable bonds is 5. The molecule has 7 rings (SSSR count). The average Bonchev–Trinajstić information content (AvgIpc) is 3.63. The quantitative estimate of drug-likeness (QED) is 0.402. The van der Waals surface area contributed by atoms with Crippen LogP contribution in [0.3, 0.4) is 0 Å². The van der Waals surface area contributed by atoms with Crippen LogP contribution in [0.2, 0.25) is 0 Å². The number of carbonyl (C=O) groups is 1. The van der Waals surface area contributed by atoms with E-state index < -0.39 is 0 Å². The SMILES string of the molecule is CN1C(=O)c2c(cn(Cc3ccc(-c4ccccn4)cc3)c2Nc2ccccc2)N2C1=N[C@@H]1CCC[C@@H]12. The Hall–Kier alpha value is -4.39. The van der Waals surface area contributed by atoms with Gasteiger partial charge in [0, 0.05) is 37.2 Å². The fourth-order valence-electron chi connectivity index (χ4n) is 5.89. The number of hydrogen-bond donors (Lipinski definition) is 1. The molecular weight excluding hydrogens is 460 g/mol. The largest absolute Gasteiger partial charge is 0.341 e. The number of carbonyl (C=O) groups excluding carboxylic acids is 1. The molecule has 1 amide bonds. The van der Waals surface area contributed by atoms with E-state index in [1.807, 2.05) is 61.8 Å². The van der Waals surface area contributed by atoms with Crippen molar-refractivity contribution in [1.29, 1.82) is 0 Å². The number of fused-ring (bicyclic) bond motifs is 5. The summed E-state index contributed by atoms with van der Waals surface area (Å²) in [5.74, 6) is 1.58. The van der Waals surface area contributed by atoms with Gasteiger partial charge in [-0.05, 0) is 49.1 Å². The van der Waals surface area contributed by atoms with Crippen molar-refractivity contribution in [1.82, 2.24) is 14.5 Å². The van der Waals surface area contributed by atoms with Crippen LogP contribution in [0.5, 0.6) is 0 Å². The van der Waals surface area contributed by atoms with E-state index in [1.165, 1.54) is 6.42 Å². The van der Waals surface area contributed by atoms with E-state index in [2.05, 4.69) is 50.2 Å². The summed E-state index contributed by atoms with van der Waals surface area (Å²) in [4.78, 5) is 27.2.